The standard InChI is InChI=1S/C13H16N2S/c1-11(2,3)13-6-12(7-13,8-13)10-15-5-9(4-14)16-10/h5H,6-8H2,1-3H3. The zero-order chi connectivity index (χ0) is 11.6. The number of hydrogen-bond donors (Lipinski definition) is 0. The summed E-state index contributed by atoms with van der Waals surface area (Å²) in [5, 5.41) is 10.0. The molecule has 0 unspecified atom stereocenters. The molecule has 1 aromatic heterocycles. The van der Waals surface area contributed by atoms with Crippen molar-refractivity contribution in [3.63, 3.8) is 0 Å². The largest absolute Gasteiger partial charge is 0.248 e. The van der Waals surface area contributed by atoms with Crippen molar-refractivity contribution in [2.45, 2.75) is 45.4 Å². The Hall–Kier alpha value is -0.880. The molecule has 0 radical (unpaired) electrons. The Morgan fingerprint density at radius 3 is 2.44 bits per heavy atom. The topological polar surface area (TPSA) is 36.7 Å². The minimum atomic E-state index is 0.354. The van der Waals surface area contributed by atoms with Crippen LogP contribution in [0.15, 0.2) is 6.20 Å². The monoisotopic (exact) mass is 232 g/mol. The molecule has 0 atom stereocenters. The van der Waals surface area contributed by atoms with Crippen LogP contribution in [0.25, 0.3) is 0 Å². The van der Waals surface area contributed by atoms with Crippen LogP contribution in [0, 0.1) is 22.2 Å². The summed E-state index contributed by atoms with van der Waals surface area (Å²) in [6.07, 6.45) is 5.57. The fraction of sp³-hybridized carbons (Fsp3) is 0.692. The van der Waals surface area contributed by atoms with Gasteiger partial charge >= 0.3 is 0 Å². The van der Waals surface area contributed by atoms with Gasteiger partial charge in [-0.25, -0.2) is 4.98 Å². The lowest BCUT2D eigenvalue weighted by molar-refractivity contribution is -0.208. The SMILES string of the molecule is CC(C)(C)C12CC(c3ncc(C#N)s3)(C1)C2. The van der Waals surface area contributed by atoms with Crippen molar-refractivity contribution in [1.82, 2.24) is 4.98 Å². The molecular weight excluding hydrogens is 216 g/mol. The molecule has 0 aromatic carbocycles. The predicted molar refractivity (Wildman–Crippen MR) is 64.2 cm³/mol. The third-order valence-corrected chi connectivity index (χ3v) is 5.84. The Morgan fingerprint density at radius 2 is 2.00 bits per heavy atom. The zero-order valence-corrected chi connectivity index (χ0v) is 10.8. The van der Waals surface area contributed by atoms with Crippen LogP contribution in [-0.2, 0) is 5.41 Å². The lowest BCUT2D eigenvalue weighted by atomic mass is 9.29. The molecule has 0 saturated heterocycles. The van der Waals surface area contributed by atoms with Crippen LogP contribution in [0.2, 0.25) is 0 Å². The quantitative estimate of drug-likeness (QED) is 0.743. The highest BCUT2D eigenvalue weighted by atomic mass is 32.1. The summed E-state index contributed by atoms with van der Waals surface area (Å²) in [5.41, 5.74) is 1.34. The van der Waals surface area contributed by atoms with Crippen molar-refractivity contribution in [2.75, 3.05) is 0 Å². The third-order valence-electron chi connectivity index (χ3n) is 4.69. The Kier molecular flexibility index (Phi) is 1.72. The van der Waals surface area contributed by atoms with Crippen LogP contribution in [0.3, 0.4) is 0 Å². The molecule has 16 heavy (non-hydrogen) atoms. The Labute approximate surface area is 100 Å². The highest BCUT2D eigenvalue weighted by molar-refractivity contribution is 7.12. The van der Waals surface area contributed by atoms with Gasteiger partial charge in [0.05, 0.1) is 6.20 Å². The molecule has 3 saturated carbocycles. The summed E-state index contributed by atoms with van der Waals surface area (Å²) in [4.78, 5) is 5.18. The van der Waals surface area contributed by atoms with Gasteiger partial charge in [-0.15, -0.1) is 11.3 Å². The molecule has 4 rings (SSSR count). The van der Waals surface area contributed by atoms with Crippen LogP contribution >= 0.6 is 11.3 Å². The van der Waals surface area contributed by atoms with E-state index in [1.54, 1.807) is 17.5 Å². The maximum atomic E-state index is 8.82. The molecule has 0 spiro atoms. The molecular formula is C13H16N2S. The number of hydrogen-bond acceptors (Lipinski definition) is 3. The van der Waals surface area contributed by atoms with E-state index >= 15 is 0 Å². The second-order valence-corrected chi connectivity index (χ2v) is 7.51. The molecule has 3 aliphatic rings. The van der Waals surface area contributed by atoms with E-state index in [4.69, 9.17) is 5.26 Å². The second-order valence-electron chi connectivity index (χ2n) is 6.48. The summed E-state index contributed by atoms with van der Waals surface area (Å²) in [6.45, 7) is 7.04. The van der Waals surface area contributed by atoms with Crippen LogP contribution in [-0.4, -0.2) is 4.98 Å². The summed E-state index contributed by atoms with van der Waals surface area (Å²) in [6, 6.07) is 2.18. The Bertz CT molecular complexity index is 467. The lowest BCUT2D eigenvalue weighted by Gasteiger charge is -2.75. The maximum Gasteiger partial charge on any atom is 0.124 e. The van der Waals surface area contributed by atoms with Gasteiger partial charge in [-0.1, -0.05) is 20.8 Å². The van der Waals surface area contributed by atoms with Gasteiger partial charge < -0.3 is 0 Å². The third kappa shape index (κ3) is 1.04. The number of rotatable bonds is 1. The molecule has 3 fully saturated rings. The fourth-order valence-electron chi connectivity index (χ4n) is 3.38. The van der Waals surface area contributed by atoms with Crippen LogP contribution < -0.4 is 0 Å². The predicted octanol–water partition coefficient (Wildman–Crippen LogP) is 3.48. The van der Waals surface area contributed by atoms with E-state index < -0.39 is 0 Å². The van der Waals surface area contributed by atoms with E-state index in [1.165, 1.54) is 24.3 Å². The lowest BCUT2D eigenvalue weighted by Crippen LogP contribution is -2.69. The molecule has 3 aliphatic carbocycles. The average Bonchev–Trinajstić information content (AvgIpc) is 2.44. The van der Waals surface area contributed by atoms with E-state index in [2.05, 4.69) is 31.8 Å². The number of thiazole rings is 1. The van der Waals surface area contributed by atoms with E-state index in [1.807, 2.05) is 0 Å². The summed E-state index contributed by atoms with van der Waals surface area (Å²) in [5.74, 6) is 0. The van der Waals surface area contributed by atoms with Crippen LogP contribution in [0.5, 0.6) is 0 Å². The van der Waals surface area contributed by atoms with Crippen LogP contribution in [0.1, 0.15) is 49.9 Å². The summed E-state index contributed by atoms with van der Waals surface area (Å²) in [7, 11) is 0. The van der Waals surface area contributed by atoms with Gasteiger partial charge in [0.15, 0.2) is 0 Å². The van der Waals surface area contributed by atoms with Crippen molar-refractivity contribution in [2.24, 2.45) is 10.8 Å². The van der Waals surface area contributed by atoms with E-state index in [0.29, 0.717) is 16.2 Å². The second kappa shape index (κ2) is 2.68. The molecule has 1 aromatic rings. The first kappa shape index (κ1) is 10.3. The molecule has 84 valence electrons. The van der Waals surface area contributed by atoms with Crippen molar-refractivity contribution < 1.29 is 0 Å². The van der Waals surface area contributed by atoms with Gasteiger partial charge in [0.1, 0.15) is 16.0 Å². The number of nitriles is 1. The molecule has 0 amide bonds. The van der Waals surface area contributed by atoms with Crippen LogP contribution in [0.4, 0.5) is 0 Å². The van der Waals surface area contributed by atoms with Gasteiger partial charge in [-0.05, 0) is 30.1 Å². The maximum absolute atomic E-state index is 8.82. The highest BCUT2D eigenvalue weighted by Crippen LogP contribution is 2.79. The molecule has 2 nitrogen and oxygen atoms in total. The molecule has 0 N–H and O–H groups in total. The van der Waals surface area contributed by atoms with Crippen molar-refractivity contribution in [1.29, 1.82) is 5.26 Å². The van der Waals surface area contributed by atoms with Gasteiger partial charge in [-0.3, -0.25) is 0 Å². The first-order valence-electron chi connectivity index (χ1n) is 5.77. The average molecular weight is 232 g/mol. The normalized spacial score (nSPS) is 36.1. The molecule has 1 heterocycles. The van der Waals surface area contributed by atoms with Gasteiger partial charge in [0.2, 0.25) is 0 Å². The smallest absolute Gasteiger partial charge is 0.124 e. The minimum absolute atomic E-state index is 0.354. The van der Waals surface area contributed by atoms with Gasteiger partial charge in [-0.2, -0.15) is 5.26 Å². The van der Waals surface area contributed by atoms with Gasteiger partial charge in [0.25, 0.3) is 0 Å². The first-order valence-corrected chi connectivity index (χ1v) is 6.59. The summed E-state index contributed by atoms with van der Waals surface area (Å²) >= 11 is 1.59. The molecule has 3 heteroatoms. The Balaban J connectivity index is 1.81. The van der Waals surface area contributed by atoms with E-state index in [-0.39, 0.29) is 0 Å². The molecule has 2 bridgehead atoms. The number of aromatic nitrogens is 1. The minimum Gasteiger partial charge on any atom is -0.248 e. The van der Waals surface area contributed by atoms with Crippen molar-refractivity contribution in [3.05, 3.63) is 16.1 Å². The summed E-state index contributed by atoms with van der Waals surface area (Å²) < 4.78 is 0. The van der Waals surface area contributed by atoms with E-state index in [9.17, 15) is 0 Å². The zero-order valence-electron chi connectivity index (χ0n) is 10.0. The van der Waals surface area contributed by atoms with Gasteiger partial charge in [0, 0.05) is 5.41 Å². The van der Waals surface area contributed by atoms with Crippen molar-refractivity contribution in [3.8, 4) is 6.07 Å². The highest BCUT2D eigenvalue weighted by Gasteiger charge is 2.73. The number of nitrogens with zero attached hydrogens (tertiary/aromatic N) is 2. The Morgan fingerprint density at radius 1 is 1.38 bits per heavy atom. The molecule has 0 aliphatic heterocycles. The fourth-order valence-corrected chi connectivity index (χ4v) is 4.28. The van der Waals surface area contributed by atoms with Crippen molar-refractivity contribution >= 4 is 11.3 Å². The van der Waals surface area contributed by atoms with E-state index in [0.717, 1.165) is 4.88 Å². The first-order chi connectivity index (χ1) is 7.41.